The molecule has 9 heteroatoms. The molecule has 0 atom stereocenters. The van der Waals surface area contributed by atoms with E-state index in [1.165, 1.54) is 5.56 Å². The van der Waals surface area contributed by atoms with Crippen LogP contribution in [0.1, 0.15) is 42.1 Å². The van der Waals surface area contributed by atoms with E-state index < -0.39 is 6.09 Å². The zero-order chi connectivity index (χ0) is 31.6. The van der Waals surface area contributed by atoms with E-state index in [1.54, 1.807) is 11.8 Å². The number of carbonyl (C=O) groups is 3. The Morgan fingerprint density at radius 3 is 2.27 bits per heavy atom. The lowest BCUT2D eigenvalue weighted by molar-refractivity contribution is -0.128. The maximum absolute atomic E-state index is 13.1. The molecule has 0 bridgehead atoms. The average molecular weight is 612 g/mol. The van der Waals surface area contributed by atoms with Gasteiger partial charge in [-0.15, -0.1) is 0 Å². The zero-order valence-electron chi connectivity index (χ0n) is 26.5. The average Bonchev–Trinajstić information content (AvgIpc) is 3.31. The summed E-state index contributed by atoms with van der Waals surface area (Å²) in [4.78, 5) is 45.9. The van der Waals surface area contributed by atoms with Crippen molar-refractivity contribution < 1.29 is 19.1 Å². The van der Waals surface area contributed by atoms with E-state index in [2.05, 4.69) is 15.1 Å². The van der Waals surface area contributed by atoms with Gasteiger partial charge in [0.25, 0.3) is 5.91 Å². The van der Waals surface area contributed by atoms with Crippen molar-refractivity contribution in [3.05, 3.63) is 90.0 Å². The predicted octanol–water partition coefficient (Wildman–Crippen LogP) is 5.19. The second-order valence-electron chi connectivity index (χ2n) is 12.0. The van der Waals surface area contributed by atoms with Crippen molar-refractivity contribution in [2.24, 2.45) is 0 Å². The van der Waals surface area contributed by atoms with Crippen LogP contribution in [0.4, 0.5) is 10.5 Å². The number of rotatable bonds is 9. The Balaban J connectivity index is 1.02. The van der Waals surface area contributed by atoms with Gasteiger partial charge in [-0.3, -0.25) is 19.8 Å². The van der Waals surface area contributed by atoms with Gasteiger partial charge in [-0.2, -0.15) is 0 Å². The molecule has 0 unspecified atom stereocenters. The molecule has 3 aromatic carbocycles. The summed E-state index contributed by atoms with van der Waals surface area (Å²) in [5.41, 5.74) is 4.58. The number of piperidine rings is 1. The van der Waals surface area contributed by atoms with Gasteiger partial charge in [-0.1, -0.05) is 60.7 Å². The molecule has 2 heterocycles. The Morgan fingerprint density at radius 1 is 0.822 bits per heavy atom. The maximum Gasteiger partial charge on any atom is 0.411 e. The van der Waals surface area contributed by atoms with Crippen LogP contribution in [-0.4, -0.2) is 103 Å². The summed E-state index contributed by atoms with van der Waals surface area (Å²) in [6.07, 6.45) is 1.93. The van der Waals surface area contributed by atoms with Crippen molar-refractivity contribution in [2.75, 3.05) is 64.7 Å². The van der Waals surface area contributed by atoms with Crippen molar-refractivity contribution >= 4 is 23.6 Å². The molecule has 2 aliphatic heterocycles. The first kappa shape index (κ1) is 32.2. The Bertz CT molecular complexity index is 1420. The van der Waals surface area contributed by atoms with Crippen molar-refractivity contribution in [3.8, 4) is 11.1 Å². The first-order valence-corrected chi connectivity index (χ1v) is 16.0. The molecule has 2 saturated heterocycles. The van der Waals surface area contributed by atoms with Gasteiger partial charge in [0.2, 0.25) is 5.91 Å². The van der Waals surface area contributed by atoms with Crippen molar-refractivity contribution in [1.82, 2.24) is 19.6 Å². The van der Waals surface area contributed by atoms with Crippen molar-refractivity contribution in [3.63, 3.8) is 0 Å². The number of hydrogen-bond acceptors (Lipinski definition) is 6. The highest BCUT2D eigenvalue weighted by molar-refractivity contribution is 5.94. The summed E-state index contributed by atoms with van der Waals surface area (Å²) >= 11 is 0. The monoisotopic (exact) mass is 611 g/mol. The highest BCUT2D eigenvalue weighted by Gasteiger charge is 2.24. The molecule has 45 heavy (non-hydrogen) atoms. The smallest absolute Gasteiger partial charge is 0.411 e. The largest absolute Gasteiger partial charge is 0.446 e. The summed E-state index contributed by atoms with van der Waals surface area (Å²) in [7, 11) is 1.85. The number of nitrogens with zero attached hydrogens (tertiary/aromatic N) is 4. The number of likely N-dealkylation sites (N-methyl/N-ethyl adjacent to an activating group) is 1. The molecular weight excluding hydrogens is 566 g/mol. The summed E-state index contributed by atoms with van der Waals surface area (Å²) in [6.45, 7) is 8.90. The van der Waals surface area contributed by atoms with Crippen LogP contribution in [0.3, 0.4) is 0 Å². The SMILES string of the molecule is CC(=O)N1CCCN(Cc2ccc(C(=O)N(C)CCN3CCC(OC(=O)Nc4ccccc4-c4ccccc4)CC3)cc2)CC1. The summed E-state index contributed by atoms with van der Waals surface area (Å²) in [5.74, 6) is 0.156. The fourth-order valence-electron chi connectivity index (χ4n) is 6.07. The normalized spacial score (nSPS) is 16.5. The fourth-order valence-corrected chi connectivity index (χ4v) is 6.07. The van der Waals surface area contributed by atoms with Crippen LogP contribution in [0.2, 0.25) is 0 Å². The van der Waals surface area contributed by atoms with Gasteiger partial charge in [0.15, 0.2) is 0 Å². The molecule has 0 spiro atoms. The Labute approximate surface area is 266 Å². The topological polar surface area (TPSA) is 85.4 Å². The minimum absolute atomic E-state index is 0.0131. The van der Waals surface area contributed by atoms with Crippen molar-refractivity contribution in [2.45, 2.75) is 38.8 Å². The molecule has 0 radical (unpaired) electrons. The molecule has 5 rings (SSSR count). The van der Waals surface area contributed by atoms with E-state index in [9.17, 15) is 14.4 Å². The van der Waals surface area contributed by atoms with E-state index in [1.807, 2.05) is 90.8 Å². The third-order valence-corrected chi connectivity index (χ3v) is 8.80. The van der Waals surface area contributed by atoms with Gasteiger partial charge in [0.1, 0.15) is 6.10 Å². The minimum atomic E-state index is -0.431. The Hall–Kier alpha value is -4.21. The lowest BCUT2D eigenvalue weighted by Gasteiger charge is -2.32. The molecule has 3 amide bonds. The molecule has 0 aromatic heterocycles. The van der Waals surface area contributed by atoms with Gasteiger partial charge >= 0.3 is 6.09 Å². The molecule has 3 aromatic rings. The lowest BCUT2D eigenvalue weighted by Crippen LogP contribution is -2.42. The van der Waals surface area contributed by atoms with Gasteiger partial charge in [0.05, 0.1) is 5.69 Å². The van der Waals surface area contributed by atoms with Gasteiger partial charge in [-0.25, -0.2) is 4.79 Å². The summed E-state index contributed by atoms with van der Waals surface area (Å²) < 4.78 is 5.77. The van der Waals surface area contributed by atoms with Crippen LogP contribution >= 0.6 is 0 Å². The van der Waals surface area contributed by atoms with Gasteiger partial charge in [0, 0.05) is 84.0 Å². The summed E-state index contributed by atoms with van der Waals surface area (Å²) in [6, 6.07) is 25.6. The molecule has 238 valence electrons. The number of nitrogens with one attached hydrogen (secondary N) is 1. The molecule has 9 nitrogen and oxygen atoms in total. The van der Waals surface area contributed by atoms with E-state index in [4.69, 9.17) is 4.74 Å². The predicted molar refractivity (Wildman–Crippen MR) is 177 cm³/mol. The first-order chi connectivity index (χ1) is 21.9. The molecular formula is C36H45N5O4. The number of hydrogen-bond donors (Lipinski definition) is 1. The standard InChI is InChI=1S/C36H45N5O4/c1-28(42)41-20-8-19-40(25-26-41)27-29-13-15-31(16-14-29)35(43)38(2)23-24-39-21-17-32(18-22-39)45-36(44)37-34-12-7-6-11-33(34)30-9-4-3-5-10-30/h3-7,9-16,32H,8,17-27H2,1-2H3,(H,37,44). The number of ether oxygens (including phenoxy) is 1. The van der Waals surface area contributed by atoms with Gasteiger partial charge < -0.3 is 19.4 Å². The first-order valence-electron chi connectivity index (χ1n) is 16.0. The van der Waals surface area contributed by atoms with E-state index in [-0.39, 0.29) is 17.9 Å². The highest BCUT2D eigenvalue weighted by Crippen LogP contribution is 2.28. The lowest BCUT2D eigenvalue weighted by atomic mass is 10.0. The second kappa shape index (κ2) is 15.7. The highest BCUT2D eigenvalue weighted by atomic mass is 16.6. The van der Waals surface area contributed by atoms with E-state index in [0.717, 1.165) is 88.4 Å². The molecule has 2 fully saturated rings. The van der Waals surface area contributed by atoms with Crippen LogP contribution < -0.4 is 5.32 Å². The van der Waals surface area contributed by atoms with Crippen molar-refractivity contribution in [1.29, 1.82) is 0 Å². The molecule has 0 aliphatic carbocycles. The Morgan fingerprint density at radius 2 is 1.53 bits per heavy atom. The van der Waals surface area contributed by atoms with E-state index >= 15 is 0 Å². The maximum atomic E-state index is 13.1. The van der Waals surface area contributed by atoms with Crippen LogP contribution in [0, 0.1) is 0 Å². The second-order valence-corrected chi connectivity index (χ2v) is 12.0. The number of para-hydroxylation sites is 1. The number of amides is 3. The van der Waals surface area contributed by atoms with Crippen LogP contribution in [0.15, 0.2) is 78.9 Å². The van der Waals surface area contributed by atoms with Crippen LogP contribution in [0.25, 0.3) is 11.1 Å². The zero-order valence-corrected chi connectivity index (χ0v) is 26.5. The Kier molecular flexibility index (Phi) is 11.2. The van der Waals surface area contributed by atoms with E-state index in [0.29, 0.717) is 12.1 Å². The third kappa shape index (κ3) is 9.15. The molecule has 2 aliphatic rings. The molecule has 1 N–H and O–H groups in total. The van der Waals surface area contributed by atoms with Gasteiger partial charge in [-0.05, 0) is 48.6 Å². The number of anilines is 1. The third-order valence-electron chi connectivity index (χ3n) is 8.80. The number of carbonyl (C=O) groups excluding carboxylic acids is 3. The van der Waals surface area contributed by atoms with Crippen LogP contribution in [0.5, 0.6) is 0 Å². The fraction of sp³-hybridized carbons (Fsp3) is 0.417. The number of benzene rings is 3. The minimum Gasteiger partial charge on any atom is -0.446 e. The molecule has 0 saturated carbocycles. The quantitative estimate of drug-likeness (QED) is 0.359. The van der Waals surface area contributed by atoms with Crippen LogP contribution in [-0.2, 0) is 16.1 Å². The summed E-state index contributed by atoms with van der Waals surface area (Å²) in [5, 5.41) is 2.93. The number of likely N-dealkylation sites (tertiary alicyclic amines) is 1.